The Hall–Kier alpha value is -2.48. The number of carbonyl (C=O) groups is 1. The molecule has 0 radical (unpaired) electrons. The predicted octanol–water partition coefficient (Wildman–Crippen LogP) is 4.33. The number of halogens is 2. The number of carbonyl (C=O) groups excluding carboxylic acids is 1. The Balaban J connectivity index is 1.47. The second kappa shape index (κ2) is 7.65. The van der Waals surface area contributed by atoms with Gasteiger partial charge in [0.2, 0.25) is 0 Å². The molecule has 0 aliphatic carbocycles. The maximum atomic E-state index is 13.2. The second-order valence-corrected chi connectivity index (χ2v) is 8.43. The van der Waals surface area contributed by atoms with Crippen LogP contribution in [0.4, 0.5) is 22.1 Å². The molecule has 2 saturated heterocycles. The molecule has 0 N–H and O–H groups in total. The molecule has 0 atom stereocenters. The Morgan fingerprint density at radius 2 is 1.70 bits per heavy atom. The quantitative estimate of drug-likeness (QED) is 0.600. The number of pyridine rings is 1. The SMILES string of the molecule is CN1CCN(c2nc(N3CCN(c4ccc(Cl)c(Cl)c4)C3=O)cc3ccoc23)CC1. The summed E-state index contributed by atoms with van der Waals surface area (Å²) < 4.78 is 5.73. The lowest BCUT2D eigenvalue weighted by atomic mass is 10.2. The summed E-state index contributed by atoms with van der Waals surface area (Å²) in [5.41, 5.74) is 1.48. The Labute approximate surface area is 184 Å². The molecule has 4 heterocycles. The maximum absolute atomic E-state index is 13.2. The number of hydrogen-bond acceptors (Lipinski definition) is 5. The molecule has 156 valence electrons. The van der Waals surface area contributed by atoms with E-state index in [-0.39, 0.29) is 6.03 Å². The summed E-state index contributed by atoms with van der Waals surface area (Å²) in [5, 5.41) is 1.83. The van der Waals surface area contributed by atoms with E-state index in [9.17, 15) is 4.79 Å². The van der Waals surface area contributed by atoms with Crippen LogP contribution in [0, 0.1) is 0 Å². The van der Waals surface area contributed by atoms with Crippen molar-refractivity contribution in [3.8, 4) is 0 Å². The van der Waals surface area contributed by atoms with E-state index >= 15 is 0 Å². The molecule has 2 aromatic heterocycles. The lowest BCUT2D eigenvalue weighted by molar-refractivity contribution is 0.255. The van der Waals surface area contributed by atoms with Crippen molar-refractivity contribution in [2.45, 2.75) is 0 Å². The summed E-state index contributed by atoms with van der Waals surface area (Å²) in [4.78, 5) is 26.0. The average Bonchev–Trinajstić information content (AvgIpc) is 3.36. The highest BCUT2D eigenvalue weighted by atomic mass is 35.5. The molecule has 9 heteroatoms. The Kier molecular flexibility index (Phi) is 4.97. The summed E-state index contributed by atoms with van der Waals surface area (Å²) in [6.07, 6.45) is 1.67. The standard InChI is InChI=1S/C21H21Cl2N5O2/c1-25-5-7-26(8-6-25)20-19-14(4-11-30-19)12-18(24-20)28-10-9-27(21(28)29)15-2-3-16(22)17(23)13-15/h2-4,11-13H,5-10H2,1H3. The molecule has 2 aliphatic heterocycles. The highest BCUT2D eigenvalue weighted by molar-refractivity contribution is 6.42. The van der Waals surface area contributed by atoms with Crippen LogP contribution in [-0.2, 0) is 0 Å². The van der Waals surface area contributed by atoms with Crippen molar-refractivity contribution in [2.75, 3.05) is 61.0 Å². The van der Waals surface area contributed by atoms with Gasteiger partial charge in [-0.1, -0.05) is 23.2 Å². The molecule has 2 fully saturated rings. The van der Waals surface area contributed by atoms with Gasteiger partial charge in [-0.3, -0.25) is 9.80 Å². The van der Waals surface area contributed by atoms with Gasteiger partial charge in [0.15, 0.2) is 11.4 Å². The van der Waals surface area contributed by atoms with Gasteiger partial charge in [-0.15, -0.1) is 0 Å². The van der Waals surface area contributed by atoms with Crippen molar-refractivity contribution < 1.29 is 9.21 Å². The zero-order valence-electron chi connectivity index (χ0n) is 16.5. The number of likely N-dealkylation sites (N-methyl/N-ethyl adjacent to an activating group) is 1. The van der Waals surface area contributed by atoms with Crippen molar-refractivity contribution in [1.82, 2.24) is 9.88 Å². The number of nitrogens with zero attached hydrogens (tertiary/aromatic N) is 5. The summed E-state index contributed by atoms with van der Waals surface area (Å²) in [5.74, 6) is 1.42. The van der Waals surface area contributed by atoms with E-state index in [4.69, 9.17) is 32.6 Å². The van der Waals surface area contributed by atoms with E-state index in [1.54, 1.807) is 34.3 Å². The lowest BCUT2D eigenvalue weighted by Gasteiger charge is -2.33. The fraction of sp³-hybridized carbons (Fsp3) is 0.333. The third-order valence-corrected chi connectivity index (χ3v) is 6.45. The van der Waals surface area contributed by atoms with Crippen LogP contribution in [0.2, 0.25) is 10.0 Å². The van der Waals surface area contributed by atoms with Crippen molar-refractivity contribution in [2.24, 2.45) is 0 Å². The van der Waals surface area contributed by atoms with Crippen molar-refractivity contribution in [3.05, 3.63) is 46.6 Å². The van der Waals surface area contributed by atoms with Crippen molar-refractivity contribution >= 4 is 57.5 Å². The van der Waals surface area contributed by atoms with Crippen LogP contribution in [-0.4, -0.2) is 62.2 Å². The van der Waals surface area contributed by atoms with Gasteiger partial charge in [-0.2, -0.15) is 0 Å². The molecular formula is C21H21Cl2N5O2. The van der Waals surface area contributed by atoms with Crippen LogP contribution in [0.3, 0.4) is 0 Å². The minimum atomic E-state index is -0.131. The zero-order valence-corrected chi connectivity index (χ0v) is 18.0. The average molecular weight is 446 g/mol. The lowest BCUT2D eigenvalue weighted by Crippen LogP contribution is -2.45. The van der Waals surface area contributed by atoms with Gasteiger partial charge in [0.05, 0.1) is 16.3 Å². The molecular weight excluding hydrogens is 425 g/mol. The summed E-state index contributed by atoms with van der Waals surface area (Å²) in [6, 6.07) is 8.92. The molecule has 2 aliphatic rings. The van der Waals surface area contributed by atoms with Crippen LogP contribution < -0.4 is 14.7 Å². The number of benzene rings is 1. The largest absolute Gasteiger partial charge is 0.460 e. The van der Waals surface area contributed by atoms with Crippen LogP contribution in [0.25, 0.3) is 11.0 Å². The van der Waals surface area contributed by atoms with Crippen molar-refractivity contribution in [3.63, 3.8) is 0 Å². The molecule has 0 bridgehead atoms. The number of rotatable bonds is 3. The van der Waals surface area contributed by atoms with Crippen LogP contribution in [0.5, 0.6) is 0 Å². The van der Waals surface area contributed by atoms with E-state index in [0.29, 0.717) is 29.0 Å². The maximum Gasteiger partial charge on any atom is 0.330 e. The van der Waals surface area contributed by atoms with Crippen molar-refractivity contribution in [1.29, 1.82) is 0 Å². The molecule has 1 aromatic carbocycles. The highest BCUT2D eigenvalue weighted by Crippen LogP contribution is 2.34. The monoisotopic (exact) mass is 445 g/mol. The topological polar surface area (TPSA) is 56.1 Å². The number of urea groups is 1. The number of fused-ring (bicyclic) bond motifs is 1. The van der Waals surface area contributed by atoms with E-state index in [0.717, 1.165) is 48.7 Å². The molecule has 7 nitrogen and oxygen atoms in total. The zero-order chi connectivity index (χ0) is 20.8. The third-order valence-electron chi connectivity index (χ3n) is 5.71. The van der Waals surface area contributed by atoms with E-state index in [1.807, 2.05) is 12.1 Å². The molecule has 5 rings (SSSR count). The van der Waals surface area contributed by atoms with Crippen LogP contribution in [0.15, 0.2) is 41.0 Å². The minimum Gasteiger partial charge on any atom is -0.460 e. The van der Waals surface area contributed by atoms with E-state index in [2.05, 4.69) is 16.8 Å². The highest BCUT2D eigenvalue weighted by Gasteiger charge is 2.33. The molecule has 3 aromatic rings. The first kappa shape index (κ1) is 19.5. The first-order valence-electron chi connectivity index (χ1n) is 9.87. The number of amides is 2. The number of furan rings is 1. The van der Waals surface area contributed by atoms with Gasteiger partial charge in [0.25, 0.3) is 0 Å². The van der Waals surface area contributed by atoms with Gasteiger partial charge < -0.3 is 14.2 Å². The molecule has 2 amide bonds. The van der Waals surface area contributed by atoms with Gasteiger partial charge in [0.1, 0.15) is 5.82 Å². The first-order valence-corrected chi connectivity index (χ1v) is 10.6. The summed E-state index contributed by atoms with van der Waals surface area (Å²) in [7, 11) is 2.12. The molecule has 0 unspecified atom stereocenters. The van der Waals surface area contributed by atoms with Gasteiger partial charge >= 0.3 is 6.03 Å². The number of anilines is 3. The van der Waals surface area contributed by atoms with Crippen LogP contribution >= 0.6 is 23.2 Å². The fourth-order valence-corrected chi connectivity index (χ4v) is 4.25. The Morgan fingerprint density at radius 3 is 2.47 bits per heavy atom. The summed E-state index contributed by atoms with van der Waals surface area (Å²) in [6.45, 7) is 4.74. The molecule has 0 spiro atoms. The molecule has 30 heavy (non-hydrogen) atoms. The Bertz CT molecular complexity index is 1110. The van der Waals surface area contributed by atoms with Gasteiger partial charge in [-0.25, -0.2) is 9.78 Å². The summed E-state index contributed by atoms with van der Waals surface area (Å²) >= 11 is 12.2. The van der Waals surface area contributed by atoms with Crippen LogP contribution in [0.1, 0.15) is 0 Å². The number of piperazine rings is 1. The Morgan fingerprint density at radius 1 is 0.933 bits per heavy atom. The fourth-order valence-electron chi connectivity index (χ4n) is 3.96. The predicted molar refractivity (Wildman–Crippen MR) is 120 cm³/mol. The molecule has 0 saturated carbocycles. The van der Waals surface area contributed by atoms with Gasteiger partial charge in [0, 0.05) is 50.3 Å². The number of hydrogen-bond donors (Lipinski definition) is 0. The van der Waals surface area contributed by atoms with Gasteiger partial charge in [-0.05, 0) is 37.4 Å². The third kappa shape index (κ3) is 3.37. The second-order valence-electron chi connectivity index (χ2n) is 7.62. The van der Waals surface area contributed by atoms with E-state index < -0.39 is 0 Å². The normalized spacial score (nSPS) is 18.1. The minimum absolute atomic E-state index is 0.131. The smallest absolute Gasteiger partial charge is 0.330 e. The van der Waals surface area contributed by atoms with E-state index in [1.165, 1.54) is 0 Å². The number of aromatic nitrogens is 1. The first-order chi connectivity index (χ1) is 14.5.